The molecule has 1 N–H and O–H groups in total. The lowest BCUT2D eigenvalue weighted by molar-refractivity contribution is 0.350. The van der Waals surface area contributed by atoms with Crippen molar-refractivity contribution in [1.29, 1.82) is 0 Å². The maximum Gasteiger partial charge on any atom is 0.184 e. The van der Waals surface area contributed by atoms with Crippen molar-refractivity contribution in [3.05, 3.63) is 23.1 Å². The van der Waals surface area contributed by atoms with E-state index in [1.165, 1.54) is 43.3 Å². The first kappa shape index (κ1) is 14.8. The maximum atomic E-state index is 11.5. The van der Waals surface area contributed by atoms with Gasteiger partial charge in [0.2, 0.25) is 0 Å². The molecule has 106 valence electrons. The van der Waals surface area contributed by atoms with Gasteiger partial charge in [-0.2, -0.15) is 0 Å². The maximum absolute atomic E-state index is 11.5. The fourth-order valence-corrected chi connectivity index (χ4v) is 4.45. The quantitative estimate of drug-likeness (QED) is 0.909. The third-order valence-corrected chi connectivity index (χ3v) is 6.59. The highest BCUT2D eigenvalue weighted by Gasteiger charge is 2.15. The lowest BCUT2D eigenvalue weighted by Gasteiger charge is -2.06. The van der Waals surface area contributed by atoms with Crippen molar-refractivity contribution >= 4 is 26.7 Å². The monoisotopic (exact) mass is 300 g/mol. The summed E-state index contributed by atoms with van der Waals surface area (Å²) in [4.78, 5) is 0.862. The van der Waals surface area contributed by atoms with Crippen LogP contribution in [-0.2, 0) is 9.84 Å². The summed E-state index contributed by atoms with van der Waals surface area (Å²) in [5.41, 5.74) is 0.854. The number of aliphatic hydroxyl groups is 1. The molecule has 0 radical (unpaired) electrons. The lowest BCUT2D eigenvalue weighted by atomic mass is 10.0. The summed E-state index contributed by atoms with van der Waals surface area (Å²) >= 11 is 1.24. The van der Waals surface area contributed by atoms with Gasteiger partial charge >= 0.3 is 0 Å². The fourth-order valence-electron chi connectivity index (χ4n) is 2.49. The van der Waals surface area contributed by atoms with Crippen LogP contribution in [0.2, 0.25) is 0 Å². The Labute approximate surface area is 118 Å². The minimum atomic E-state index is -3.14. The van der Waals surface area contributed by atoms with Crippen LogP contribution in [0.15, 0.2) is 22.4 Å². The van der Waals surface area contributed by atoms with Crippen molar-refractivity contribution in [3.63, 3.8) is 0 Å². The third kappa shape index (κ3) is 3.91. The van der Waals surface area contributed by atoms with E-state index in [4.69, 9.17) is 0 Å². The Bertz CT molecular complexity index is 549. The molecule has 19 heavy (non-hydrogen) atoms. The number of thiophene rings is 1. The van der Waals surface area contributed by atoms with E-state index in [1.807, 2.05) is 0 Å². The molecule has 2 rings (SSSR count). The molecule has 1 aromatic rings. The zero-order chi connectivity index (χ0) is 13.9. The molecule has 1 aliphatic carbocycles. The van der Waals surface area contributed by atoms with Crippen LogP contribution in [-0.4, -0.2) is 26.4 Å². The Morgan fingerprint density at radius 2 is 2.11 bits per heavy atom. The Morgan fingerprint density at radius 3 is 2.63 bits per heavy atom. The van der Waals surface area contributed by atoms with Gasteiger partial charge in [-0.3, -0.25) is 0 Å². The van der Waals surface area contributed by atoms with Crippen LogP contribution >= 0.6 is 11.3 Å². The number of sulfone groups is 1. The van der Waals surface area contributed by atoms with E-state index in [2.05, 4.69) is 6.08 Å². The first-order valence-corrected chi connectivity index (χ1v) is 9.31. The topological polar surface area (TPSA) is 54.4 Å². The molecule has 0 atom stereocenters. The highest BCUT2D eigenvalue weighted by Crippen LogP contribution is 2.31. The van der Waals surface area contributed by atoms with Gasteiger partial charge in [0.15, 0.2) is 9.84 Å². The highest BCUT2D eigenvalue weighted by molar-refractivity contribution is 7.92. The second-order valence-electron chi connectivity index (χ2n) is 5.16. The average molecular weight is 300 g/mol. The molecule has 0 bridgehead atoms. The Balaban J connectivity index is 2.12. The number of hydrogen-bond donors (Lipinski definition) is 1. The van der Waals surface area contributed by atoms with Crippen LogP contribution in [0.3, 0.4) is 0 Å². The Morgan fingerprint density at radius 1 is 1.42 bits per heavy atom. The first-order chi connectivity index (χ1) is 9.00. The van der Waals surface area contributed by atoms with E-state index in [9.17, 15) is 13.5 Å². The minimum Gasteiger partial charge on any atom is -0.392 e. The van der Waals surface area contributed by atoms with Gasteiger partial charge in [0.05, 0.1) is 6.61 Å². The molecule has 0 amide bonds. The molecule has 1 heterocycles. The molecular formula is C14H20O3S2. The molecule has 0 saturated heterocycles. The van der Waals surface area contributed by atoms with Gasteiger partial charge in [0.1, 0.15) is 4.21 Å². The van der Waals surface area contributed by atoms with Gasteiger partial charge in [-0.25, -0.2) is 8.42 Å². The van der Waals surface area contributed by atoms with Gasteiger partial charge in [0, 0.05) is 11.1 Å². The molecule has 5 heteroatoms. The molecule has 0 aliphatic heterocycles. The van der Waals surface area contributed by atoms with E-state index in [1.54, 1.807) is 12.1 Å². The van der Waals surface area contributed by atoms with Crippen molar-refractivity contribution < 1.29 is 13.5 Å². The minimum absolute atomic E-state index is 0.0313. The fraction of sp³-hybridized carbons (Fsp3) is 0.571. The standard InChI is InChI=1S/C14H20O3S2/c1-19(16,17)14-9-8-13(18-14)12(10-15)7-6-11-4-2-3-5-11/h7-9,11,15H,2-6,10H2,1H3/b12-7+. The van der Waals surface area contributed by atoms with E-state index in [0.29, 0.717) is 4.21 Å². The van der Waals surface area contributed by atoms with Crippen molar-refractivity contribution in [2.45, 2.75) is 36.3 Å². The number of rotatable bonds is 5. The van der Waals surface area contributed by atoms with Crippen LogP contribution in [0.1, 0.15) is 37.0 Å². The summed E-state index contributed by atoms with van der Waals surface area (Å²) in [6, 6.07) is 3.41. The number of allylic oxidation sites excluding steroid dienone is 1. The molecule has 1 fully saturated rings. The summed E-state index contributed by atoms with van der Waals surface area (Å²) < 4.78 is 23.3. The lowest BCUT2D eigenvalue weighted by Crippen LogP contribution is -1.94. The largest absolute Gasteiger partial charge is 0.392 e. The molecule has 1 saturated carbocycles. The summed E-state index contributed by atoms with van der Waals surface area (Å²) in [6.45, 7) is -0.0313. The predicted molar refractivity (Wildman–Crippen MR) is 79.1 cm³/mol. The molecule has 0 unspecified atom stereocenters. The number of aliphatic hydroxyl groups excluding tert-OH is 1. The van der Waals surface area contributed by atoms with Gasteiger partial charge < -0.3 is 5.11 Å². The third-order valence-electron chi connectivity index (χ3n) is 3.61. The summed E-state index contributed by atoms with van der Waals surface area (Å²) in [5.74, 6) is 0.732. The van der Waals surface area contributed by atoms with Crippen molar-refractivity contribution in [2.75, 3.05) is 12.9 Å². The van der Waals surface area contributed by atoms with Crippen LogP contribution < -0.4 is 0 Å². The van der Waals surface area contributed by atoms with Crippen LogP contribution in [0.5, 0.6) is 0 Å². The summed E-state index contributed by atoms with van der Waals surface area (Å²) in [6.07, 6.45) is 9.44. The Hall–Kier alpha value is -0.650. The summed E-state index contributed by atoms with van der Waals surface area (Å²) in [5, 5.41) is 9.45. The van der Waals surface area contributed by atoms with Crippen LogP contribution in [0, 0.1) is 5.92 Å². The molecule has 3 nitrogen and oxygen atoms in total. The molecule has 1 aliphatic rings. The zero-order valence-corrected chi connectivity index (χ0v) is 12.8. The van der Waals surface area contributed by atoms with Gasteiger partial charge in [-0.15, -0.1) is 11.3 Å². The van der Waals surface area contributed by atoms with Crippen molar-refractivity contribution in [1.82, 2.24) is 0 Å². The van der Waals surface area contributed by atoms with Crippen LogP contribution in [0.4, 0.5) is 0 Å². The smallest absolute Gasteiger partial charge is 0.184 e. The van der Waals surface area contributed by atoms with Gasteiger partial charge in [-0.05, 0) is 30.0 Å². The predicted octanol–water partition coefficient (Wildman–Crippen LogP) is 3.11. The molecular weight excluding hydrogens is 280 g/mol. The van der Waals surface area contributed by atoms with E-state index >= 15 is 0 Å². The van der Waals surface area contributed by atoms with E-state index < -0.39 is 9.84 Å². The SMILES string of the molecule is CS(=O)(=O)c1ccc(/C(=C/CC2CCCC2)CO)s1. The molecule has 1 aromatic heterocycles. The van der Waals surface area contributed by atoms with Gasteiger partial charge in [0.25, 0.3) is 0 Å². The summed E-state index contributed by atoms with van der Waals surface area (Å²) in [7, 11) is -3.14. The Kier molecular flexibility index (Phi) is 4.81. The number of hydrogen-bond acceptors (Lipinski definition) is 4. The van der Waals surface area contributed by atoms with Crippen molar-refractivity contribution in [2.24, 2.45) is 5.92 Å². The normalized spacial score (nSPS) is 18.1. The first-order valence-electron chi connectivity index (χ1n) is 6.61. The van der Waals surface area contributed by atoms with E-state index in [-0.39, 0.29) is 6.61 Å². The van der Waals surface area contributed by atoms with Crippen molar-refractivity contribution in [3.8, 4) is 0 Å². The second kappa shape index (κ2) is 6.20. The van der Waals surface area contributed by atoms with Crippen LogP contribution in [0.25, 0.3) is 5.57 Å². The second-order valence-corrected chi connectivity index (χ2v) is 8.49. The molecule has 0 aromatic carbocycles. The average Bonchev–Trinajstić information content (AvgIpc) is 2.98. The van der Waals surface area contributed by atoms with Gasteiger partial charge in [-0.1, -0.05) is 31.8 Å². The highest BCUT2D eigenvalue weighted by atomic mass is 32.2. The zero-order valence-electron chi connectivity index (χ0n) is 11.1. The molecule has 0 spiro atoms. The van der Waals surface area contributed by atoms with E-state index in [0.717, 1.165) is 22.8 Å².